The first-order valence-corrected chi connectivity index (χ1v) is 7.72. The summed E-state index contributed by atoms with van der Waals surface area (Å²) in [6, 6.07) is 8.01. The molecule has 122 valence electrons. The molecule has 1 aromatic carbocycles. The highest BCUT2D eigenvalue weighted by molar-refractivity contribution is 9.10. The van der Waals surface area contributed by atoms with E-state index in [1.807, 2.05) is 0 Å². The lowest BCUT2D eigenvalue weighted by Gasteiger charge is -2.16. The molecule has 0 spiro atoms. The maximum atomic E-state index is 12.1. The lowest BCUT2D eigenvalue weighted by atomic mass is 10.3. The summed E-state index contributed by atoms with van der Waals surface area (Å²) < 4.78 is 10.8. The molecule has 0 saturated heterocycles. The summed E-state index contributed by atoms with van der Waals surface area (Å²) in [7, 11) is 3.00. The number of benzene rings is 1. The zero-order valence-electron chi connectivity index (χ0n) is 12.4. The summed E-state index contributed by atoms with van der Waals surface area (Å²) in [6.45, 7) is -0.146. The van der Waals surface area contributed by atoms with Crippen LogP contribution < -0.4 is 10.1 Å². The Bertz CT molecular complexity index is 732. The van der Waals surface area contributed by atoms with Gasteiger partial charge in [0.25, 0.3) is 5.91 Å². The van der Waals surface area contributed by atoms with Crippen molar-refractivity contribution in [1.29, 1.82) is 0 Å². The smallest absolute Gasteiger partial charge is 0.289 e. The number of hydrogen-bond donors (Lipinski definition) is 1. The van der Waals surface area contributed by atoms with E-state index in [4.69, 9.17) is 20.8 Å². The lowest BCUT2D eigenvalue weighted by molar-refractivity contribution is -0.116. The van der Waals surface area contributed by atoms with Crippen LogP contribution in [0.15, 0.2) is 39.4 Å². The van der Waals surface area contributed by atoms with Gasteiger partial charge >= 0.3 is 0 Å². The maximum absolute atomic E-state index is 12.1. The molecule has 0 radical (unpaired) electrons. The quantitative estimate of drug-likeness (QED) is 0.833. The van der Waals surface area contributed by atoms with Crippen molar-refractivity contribution >= 4 is 45.0 Å². The molecule has 23 heavy (non-hydrogen) atoms. The van der Waals surface area contributed by atoms with Crippen LogP contribution in [0.1, 0.15) is 10.6 Å². The van der Waals surface area contributed by atoms with Crippen LogP contribution >= 0.6 is 27.5 Å². The monoisotopic (exact) mass is 400 g/mol. The van der Waals surface area contributed by atoms with E-state index < -0.39 is 5.91 Å². The zero-order chi connectivity index (χ0) is 17.0. The zero-order valence-corrected chi connectivity index (χ0v) is 14.8. The number of furan rings is 1. The summed E-state index contributed by atoms with van der Waals surface area (Å²) in [6.07, 6.45) is 0. The number of hydrogen-bond acceptors (Lipinski definition) is 4. The first-order valence-electron chi connectivity index (χ1n) is 6.55. The molecule has 1 heterocycles. The summed E-state index contributed by atoms with van der Waals surface area (Å²) in [4.78, 5) is 25.5. The lowest BCUT2D eigenvalue weighted by Crippen LogP contribution is -2.34. The Balaban J connectivity index is 2.02. The second-order valence-corrected chi connectivity index (χ2v) is 5.88. The van der Waals surface area contributed by atoms with Crippen molar-refractivity contribution in [2.75, 3.05) is 26.0 Å². The first kappa shape index (κ1) is 17.4. The van der Waals surface area contributed by atoms with Crippen LogP contribution in [0, 0.1) is 0 Å². The van der Waals surface area contributed by atoms with E-state index in [2.05, 4.69) is 21.2 Å². The molecule has 0 saturated carbocycles. The highest BCUT2D eigenvalue weighted by atomic mass is 79.9. The van der Waals surface area contributed by atoms with Crippen molar-refractivity contribution in [1.82, 2.24) is 4.90 Å². The number of halogens is 2. The number of likely N-dealkylation sites (N-methyl/N-ethyl adjacent to an activating group) is 1. The van der Waals surface area contributed by atoms with Gasteiger partial charge in [-0.2, -0.15) is 0 Å². The maximum Gasteiger partial charge on any atom is 0.289 e. The number of carbonyl (C=O) groups excluding carboxylic acids is 2. The highest BCUT2D eigenvalue weighted by Gasteiger charge is 2.19. The van der Waals surface area contributed by atoms with Crippen molar-refractivity contribution < 1.29 is 18.7 Å². The topological polar surface area (TPSA) is 71.8 Å². The van der Waals surface area contributed by atoms with E-state index in [9.17, 15) is 9.59 Å². The van der Waals surface area contributed by atoms with Crippen LogP contribution in [0.25, 0.3) is 0 Å². The molecule has 2 amide bonds. The van der Waals surface area contributed by atoms with E-state index in [1.54, 1.807) is 24.3 Å². The van der Waals surface area contributed by atoms with E-state index in [-0.39, 0.29) is 18.2 Å². The fraction of sp³-hybridized carbons (Fsp3) is 0.200. The van der Waals surface area contributed by atoms with Crippen molar-refractivity contribution in [3.05, 3.63) is 45.8 Å². The number of carbonyl (C=O) groups is 2. The third-order valence-electron chi connectivity index (χ3n) is 2.95. The molecule has 2 aromatic rings. The Morgan fingerprint density at radius 3 is 2.70 bits per heavy atom. The van der Waals surface area contributed by atoms with Gasteiger partial charge in [-0.25, -0.2) is 0 Å². The Hall–Kier alpha value is -1.99. The van der Waals surface area contributed by atoms with Gasteiger partial charge < -0.3 is 19.4 Å². The number of methoxy groups -OCH3 is 1. The molecule has 0 aliphatic rings. The molecule has 0 unspecified atom stereocenters. The van der Waals surface area contributed by atoms with Crippen LogP contribution in [-0.2, 0) is 4.79 Å². The number of nitrogens with zero attached hydrogens (tertiary/aromatic N) is 1. The van der Waals surface area contributed by atoms with Crippen LogP contribution in [0.5, 0.6) is 5.75 Å². The fourth-order valence-corrected chi connectivity index (χ4v) is 2.35. The minimum Gasteiger partial charge on any atom is -0.495 e. The number of nitrogens with one attached hydrogen (secondary N) is 1. The Morgan fingerprint density at radius 1 is 1.35 bits per heavy atom. The second-order valence-electron chi connectivity index (χ2n) is 4.66. The van der Waals surface area contributed by atoms with Crippen molar-refractivity contribution in [2.24, 2.45) is 0 Å². The standard InChI is InChI=1S/C15H14BrClN2O4/c1-19(15(21)12-5-6-13(16)23-12)8-14(20)18-10-7-9(17)3-4-11(10)22-2/h3-7H,8H2,1-2H3,(H,18,20). The van der Waals surface area contributed by atoms with Crippen LogP contribution in [0.4, 0.5) is 5.69 Å². The van der Waals surface area contributed by atoms with Gasteiger partial charge in [0.05, 0.1) is 19.3 Å². The predicted molar refractivity (Wildman–Crippen MR) is 90.0 cm³/mol. The predicted octanol–water partition coefficient (Wildman–Crippen LogP) is 3.41. The molecular formula is C15H14BrClN2O4. The molecule has 1 aromatic heterocycles. The van der Waals surface area contributed by atoms with Gasteiger partial charge in [-0.1, -0.05) is 11.6 Å². The number of ether oxygens (including phenoxy) is 1. The van der Waals surface area contributed by atoms with E-state index >= 15 is 0 Å². The minimum absolute atomic E-state index is 0.146. The average Bonchev–Trinajstić information content (AvgIpc) is 2.93. The molecule has 6 nitrogen and oxygen atoms in total. The third kappa shape index (κ3) is 4.49. The second kappa shape index (κ2) is 7.52. The van der Waals surface area contributed by atoms with Gasteiger partial charge in [0.1, 0.15) is 5.75 Å². The van der Waals surface area contributed by atoms with Crippen LogP contribution in [-0.4, -0.2) is 37.4 Å². The van der Waals surface area contributed by atoms with E-state index in [1.165, 1.54) is 25.1 Å². The molecule has 0 aliphatic heterocycles. The minimum atomic E-state index is -0.399. The van der Waals surface area contributed by atoms with Gasteiger partial charge in [-0.05, 0) is 46.3 Å². The first-order chi connectivity index (χ1) is 10.9. The summed E-state index contributed by atoms with van der Waals surface area (Å²) in [5.41, 5.74) is 0.437. The Kier molecular flexibility index (Phi) is 5.68. The SMILES string of the molecule is COc1ccc(Cl)cc1NC(=O)CN(C)C(=O)c1ccc(Br)o1. The Labute approximate surface area is 146 Å². The third-order valence-corrected chi connectivity index (χ3v) is 3.61. The average molecular weight is 402 g/mol. The molecule has 0 fully saturated rings. The van der Waals surface area contributed by atoms with Gasteiger partial charge in [0.15, 0.2) is 10.4 Å². The molecule has 0 atom stereocenters. The largest absolute Gasteiger partial charge is 0.495 e. The van der Waals surface area contributed by atoms with E-state index in [0.29, 0.717) is 21.1 Å². The molecule has 1 N–H and O–H groups in total. The molecule has 2 rings (SSSR count). The molecular weight excluding hydrogens is 388 g/mol. The van der Waals surface area contributed by atoms with Crippen molar-refractivity contribution in [3.8, 4) is 5.75 Å². The van der Waals surface area contributed by atoms with Gasteiger partial charge in [0.2, 0.25) is 5.91 Å². The molecule has 0 bridgehead atoms. The number of amides is 2. The van der Waals surface area contributed by atoms with E-state index in [0.717, 1.165) is 0 Å². The normalized spacial score (nSPS) is 10.3. The highest BCUT2D eigenvalue weighted by Crippen LogP contribution is 2.27. The summed E-state index contributed by atoms with van der Waals surface area (Å²) in [5.74, 6) is -0.157. The van der Waals surface area contributed by atoms with Crippen LogP contribution in [0.2, 0.25) is 5.02 Å². The summed E-state index contributed by atoms with van der Waals surface area (Å²) >= 11 is 9.03. The van der Waals surface area contributed by atoms with Crippen molar-refractivity contribution in [3.63, 3.8) is 0 Å². The summed E-state index contributed by atoms with van der Waals surface area (Å²) in [5, 5.41) is 3.13. The number of rotatable bonds is 5. The van der Waals surface area contributed by atoms with Gasteiger partial charge in [0, 0.05) is 12.1 Å². The van der Waals surface area contributed by atoms with Crippen LogP contribution in [0.3, 0.4) is 0 Å². The fourth-order valence-electron chi connectivity index (χ4n) is 1.87. The molecule has 8 heteroatoms. The Morgan fingerprint density at radius 2 is 2.09 bits per heavy atom. The van der Waals surface area contributed by atoms with Gasteiger partial charge in [-0.15, -0.1) is 0 Å². The molecule has 0 aliphatic carbocycles. The van der Waals surface area contributed by atoms with Crippen molar-refractivity contribution in [2.45, 2.75) is 0 Å². The number of anilines is 1. The van der Waals surface area contributed by atoms with Gasteiger partial charge in [-0.3, -0.25) is 9.59 Å².